The molecule has 1 rings (SSSR count). The van der Waals surface area contributed by atoms with Crippen LogP contribution in [0.5, 0.6) is 0 Å². The summed E-state index contributed by atoms with van der Waals surface area (Å²) in [4.78, 5) is 13.3. The Labute approximate surface area is 79.2 Å². The Hall–Kier alpha value is -0.610. The SMILES string of the molecule is COC(=O)C1CC(CN(C)C)CN1. The lowest BCUT2D eigenvalue weighted by atomic mass is 10.1. The third kappa shape index (κ3) is 2.97. The average molecular weight is 186 g/mol. The maximum absolute atomic E-state index is 11.1. The van der Waals surface area contributed by atoms with Crippen molar-refractivity contribution in [1.29, 1.82) is 0 Å². The predicted molar refractivity (Wildman–Crippen MR) is 50.5 cm³/mol. The molecule has 4 heteroatoms. The van der Waals surface area contributed by atoms with Gasteiger partial charge >= 0.3 is 5.97 Å². The maximum Gasteiger partial charge on any atom is 0.322 e. The van der Waals surface area contributed by atoms with E-state index in [0.29, 0.717) is 5.92 Å². The molecule has 0 radical (unpaired) electrons. The number of carbonyl (C=O) groups is 1. The van der Waals surface area contributed by atoms with Crippen molar-refractivity contribution in [3.8, 4) is 0 Å². The highest BCUT2D eigenvalue weighted by molar-refractivity contribution is 5.76. The predicted octanol–water partition coefficient (Wildman–Crippen LogP) is -0.301. The van der Waals surface area contributed by atoms with Crippen LogP contribution in [-0.2, 0) is 9.53 Å². The Morgan fingerprint density at radius 3 is 2.85 bits per heavy atom. The zero-order valence-corrected chi connectivity index (χ0v) is 8.54. The zero-order valence-electron chi connectivity index (χ0n) is 8.54. The fourth-order valence-electron chi connectivity index (χ4n) is 1.79. The van der Waals surface area contributed by atoms with Crippen LogP contribution in [0.1, 0.15) is 6.42 Å². The summed E-state index contributed by atoms with van der Waals surface area (Å²) in [6.07, 6.45) is 0.894. The highest BCUT2D eigenvalue weighted by atomic mass is 16.5. The van der Waals surface area contributed by atoms with Gasteiger partial charge in [0.15, 0.2) is 0 Å². The Morgan fingerprint density at radius 2 is 2.31 bits per heavy atom. The first-order valence-corrected chi connectivity index (χ1v) is 4.59. The minimum atomic E-state index is -0.138. The summed E-state index contributed by atoms with van der Waals surface area (Å²) in [6, 6.07) is -0.0880. The molecular weight excluding hydrogens is 168 g/mol. The first-order chi connectivity index (χ1) is 6.13. The summed E-state index contributed by atoms with van der Waals surface area (Å²) >= 11 is 0. The number of esters is 1. The van der Waals surface area contributed by atoms with Crippen LogP contribution in [0.4, 0.5) is 0 Å². The van der Waals surface area contributed by atoms with E-state index in [1.807, 2.05) is 14.1 Å². The number of rotatable bonds is 3. The van der Waals surface area contributed by atoms with Crippen molar-refractivity contribution in [1.82, 2.24) is 10.2 Å². The number of nitrogens with zero attached hydrogens (tertiary/aromatic N) is 1. The van der Waals surface area contributed by atoms with Gasteiger partial charge in [-0.2, -0.15) is 0 Å². The first-order valence-electron chi connectivity index (χ1n) is 4.59. The van der Waals surface area contributed by atoms with Gasteiger partial charge in [0.25, 0.3) is 0 Å². The van der Waals surface area contributed by atoms with E-state index in [1.165, 1.54) is 7.11 Å². The third-order valence-electron chi connectivity index (χ3n) is 2.33. The van der Waals surface area contributed by atoms with Crippen molar-refractivity contribution >= 4 is 5.97 Å². The molecule has 0 aromatic rings. The van der Waals surface area contributed by atoms with Crippen LogP contribution >= 0.6 is 0 Å². The Morgan fingerprint density at radius 1 is 1.62 bits per heavy atom. The van der Waals surface area contributed by atoms with E-state index in [0.717, 1.165) is 19.5 Å². The average Bonchev–Trinajstić information content (AvgIpc) is 2.50. The third-order valence-corrected chi connectivity index (χ3v) is 2.33. The zero-order chi connectivity index (χ0) is 9.84. The van der Waals surface area contributed by atoms with Gasteiger partial charge in [0.05, 0.1) is 7.11 Å². The van der Waals surface area contributed by atoms with Crippen LogP contribution in [0.3, 0.4) is 0 Å². The molecule has 1 saturated heterocycles. The number of hydrogen-bond donors (Lipinski definition) is 1. The van der Waals surface area contributed by atoms with Gasteiger partial charge in [0.2, 0.25) is 0 Å². The summed E-state index contributed by atoms with van der Waals surface area (Å²) in [5.41, 5.74) is 0. The fraction of sp³-hybridized carbons (Fsp3) is 0.889. The maximum atomic E-state index is 11.1. The molecule has 0 aliphatic carbocycles. The normalized spacial score (nSPS) is 28.0. The monoisotopic (exact) mass is 186 g/mol. The van der Waals surface area contributed by atoms with E-state index < -0.39 is 0 Å². The van der Waals surface area contributed by atoms with Gasteiger partial charge in [-0.05, 0) is 26.4 Å². The molecule has 1 N–H and O–H groups in total. The standard InChI is InChI=1S/C9H18N2O2/c1-11(2)6-7-4-8(10-5-7)9(12)13-3/h7-8,10H,4-6H2,1-3H3. The minimum absolute atomic E-state index is 0.0880. The molecule has 0 saturated carbocycles. The summed E-state index contributed by atoms with van der Waals surface area (Å²) in [7, 11) is 5.53. The lowest BCUT2D eigenvalue weighted by molar-refractivity contribution is -0.142. The van der Waals surface area contributed by atoms with Crippen molar-refractivity contribution < 1.29 is 9.53 Å². The van der Waals surface area contributed by atoms with Crippen LogP contribution < -0.4 is 5.32 Å². The molecule has 76 valence electrons. The largest absolute Gasteiger partial charge is 0.468 e. The highest BCUT2D eigenvalue weighted by Crippen LogP contribution is 2.15. The van der Waals surface area contributed by atoms with Gasteiger partial charge in [-0.1, -0.05) is 0 Å². The summed E-state index contributed by atoms with van der Waals surface area (Å²) in [6.45, 7) is 1.94. The molecule has 0 aromatic heterocycles. The molecule has 1 aliphatic rings. The second-order valence-electron chi connectivity index (χ2n) is 3.85. The van der Waals surface area contributed by atoms with Gasteiger partial charge in [-0.3, -0.25) is 4.79 Å². The molecular formula is C9H18N2O2. The smallest absolute Gasteiger partial charge is 0.322 e. The molecule has 1 fully saturated rings. The molecule has 0 bridgehead atoms. The fourth-order valence-corrected chi connectivity index (χ4v) is 1.79. The molecule has 0 aromatic carbocycles. The quantitative estimate of drug-likeness (QED) is 0.614. The number of carbonyl (C=O) groups excluding carboxylic acids is 1. The van der Waals surface area contributed by atoms with E-state index in [4.69, 9.17) is 0 Å². The number of methoxy groups -OCH3 is 1. The van der Waals surface area contributed by atoms with Gasteiger partial charge < -0.3 is 15.0 Å². The van der Waals surface area contributed by atoms with E-state index >= 15 is 0 Å². The van der Waals surface area contributed by atoms with Crippen LogP contribution in [-0.4, -0.2) is 51.2 Å². The molecule has 0 amide bonds. The lowest BCUT2D eigenvalue weighted by Crippen LogP contribution is -2.31. The molecule has 2 atom stereocenters. The second-order valence-corrected chi connectivity index (χ2v) is 3.85. The van der Waals surface area contributed by atoms with Gasteiger partial charge in [-0.25, -0.2) is 0 Å². The highest BCUT2D eigenvalue weighted by Gasteiger charge is 2.29. The van der Waals surface area contributed by atoms with Crippen LogP contribution in [0.25, 0.3) is 0 Å². The summed E-state index contributed by atoms with van der Waals surface area (Å²) in [5, 5.41) is 3.16. The topological polar surface area (TPSA) is 41.6 Å². The summed E-state index contributed by atoms with van der Waals surface area (Å²) < 4.78 is 4.67. The van der Waals surface area contributed by atoms with E-state index in [2.05, 4.69) is 15.0 Å². The van der Waals surface area contributed by atoms with Crippen molar-refractivity contribution in [3.63, 3.8) is 0 Å². The molecule has 1 aliphatic heterocycles. The number of hydrogen-bond acceptors (Lipinski definition) is 4. The van der Waals surface area contributed by atoms with E-state index in [-0.39, 0.29) is 12.0 Å². The number of ether oxygens (including phenoxy) is 1. The molecule has 0 spiro atoms. The first kappa shape index (κ1) is 10.5. The second kappa shape index (κ2) is 4.58. The molecule has 2 unspecified atom stereocenters. The van der Waals surface area contributed by atoms with Gasteiger partial charge in [0, 0.05) is 13.1 Å². The van der Waals surface area contributed by atoms with Gasteiger partial charge in [0.1, 0.15) is 6.04 Å². The molecule has 13 heavy (non-hydrogen) atoms. The van der Waals surface area contributed by atoms with Crippen molar-refractivity contribution in [2.45, 2.75) is 12.5 Å². The lowest BCUT2D eigenvalue weighted by Gasteiger charge is -2.14. The van der Waals surface area contributed by atoms with Crippen LogP contribution in [0.2, 0.25) is 0 Å². The molecule has 4 nitrogen and oxygen atoms in total. The van der Waals surface area contributed by atoms with E-state index in [1.54, 1.807) is 0 Å². The van der Waals surface area contributed by atoms with Crippen LogP contribution in [0.15, 0.2) is 0 Å². The van der Waals surface area contributed by atoms with Crippen molar-refractivity contribution in [2.75, 3.05) is 34.3 Å². The van der Waals surface area contributed by atoms with Crippen LogP contribution in [0, 0.1) is 5.92 Å². The Balaban J connectivity index is 2.32. The minimum Gasteiger partial charge on any atom is -0.468 e. The van der Waals surface area contributed by atoms with Crippen molar-refractivity contribution in [2.24, 2.45) is 5.92 Å². The molecule has 1 heterocycles. The Kier molecular flexibility index (Phi) is 3.69. The Bertz CT molecular complexity index is 182. The van der Waals surface area contributed by atoms with E-state index in [9.17, 15) is 4.79 Å². The number of nitrogens with one attached hydrogen (secondary N) is 1. The summed E-state index contributed by atoms with van der Waals surface area (Å²) in [5.74, 6) is 0.431. The van der Waals surface area contributed by atoms with Crippen molar-refractivity contribution in [3.05, 3.63) is 0 Å². The van der Waals surface area contributed by atoms with Gasteiger partial charge in [-0.15, -0.1) is 0 Å².